The Kier molecular flexibility index (Phi) is 4.90. The second-order valence-corrected chi connectivity index (χ2v) is 3.48. The molecule has 1 heterocycles. The van der Waals surface area contributed by atoms with Crippen molar-refractivity contribution in [1.82, 2.24) is 4.98 Å². The van der Waals surface area contributed by atoms with Crippen molar-refractivity contribution in [2.75, 3.05) is 19.0 Å². The van der Waals surface area contributed by atoms with E-state index >= 15 is 0 Å². The van der Waals surface area contributed by atoms with Crippen LogP contribution in [0.2, 0.25) is 0 Å². The SMILES string of the molecule is COc1cccc(NCCCC(C)O)n1. The van der Waals surface area contributed by atoms with Crippen LogP contribution < -0.4 is 10.1 Å². The summed E-state index contributed by atoms with van der Waals surface area (Å²) in [4.78, 5) is 4.21. The van der Waals surface area contributed by atoms with Gasteiger partial charge in [0.2, 0.25) is 5.88 Å². The van der Waals surface area contributed by atoms with Crippen LogP contribution in [0, 0.1) is 0 Å². The van der Waals surface area contributed by atoms with Gasteiger partial charge in [-0.15, -0.1) is 0 Å². The molecule has 0 radical (unpaired) electrons. The van der Waals surface area contributed by atoms with Crippen molar-refractivity contribution in [2.45, 2.75) is 25.9 Å². The standard InChI is InChI=1S/C11H18N2O2/c1-9(14)5-4-8-12-10-6-3-7-11(13-10)15-2/h3,6-7,9,14H,4-5,8H2,1-2H3,(H,12,13). The van der Waals surface area contributed by atoms with Gasteiger partial charge < -0.3 is 15.2 Å². The van der Waals surface area contributed by atoms with E-state index in [0.29, 0.717) is 5.88 Å². The maximum Gasteiger partial charge on any atom is 0.214 e. The second-order valence-electron chi connectivity index (χ2n) is 3.48. The summed E-state index contributed by atoms with van der Waals surface area (Å²) >= 11 is 0. The van der Waals surface area contributed by atoms with E-state index in [1.54, 1.807) is 20.1 Å². The fourth-order valence-electron chi connectivity index (χ4n) is 1.24. The monoisotopic (exact) mass is 210 g/mol. The molecule has 0 aliphatic heterocycles. The van der Waals surface area contributed by atoms with Crippen molar-refractivity contribution in [2.24, 2.45) is 0 Å². The Bertz CT molecular complexity index is 290. The predicted molar refractivity (Wildman–Crippen MR) is 60.2 cm³/mol. The molecule has 84 valence electrons. The van der Waals surface area contributed by atoms with Crippen molar-refractivity contribution >= 4 is 5.82 Å². The van der Waals surface area contributed by atoms with Crippen LogP contribution in [0.5, 0.6) is 5.88 Å². The summed E-state index contributed by atoms with van der Waals surface area (Å²) in [5.74, 6) is 1.41. The first-order valence-electron chi connectivity index (χ1n) is 5.15. The molecular weight excluding hydrogens is 192 g/mol. The van der Waals surface area contributed by atoms with Gasteiger partial charge in [-0.1, -0.05) is 6.07 Å². The predicted octanol–water partition coefficient (Wildman–Crippen LogP) is 1.66. The topological polar surface area (TPSA) is 54.4 Å². The molecule has 0 saturated heterocycles. The average molecular weight is 210 g/mol. The molecule has 1 unspecified atom stereocenters. The summed E-state index contributed by atoms with van der Waals surface area (Å²) in [5, 5.41) is 12.2. The number of aliphatic hydroxyl groups is 1. The van der Waals surface area contributed by atoms with Crippen LogP contribution in [0.4, 0.5) is 5.82 Å². The molecule has 1 aromatic rings. The lowest BCUT2D eigenvalue weighted by Crippen LogP contribution is -2.07. The molecule has 0 aliphatic carbocycles. The van der Waals surface area contributed by atoms with Gasteiger partial charge in [-0.05, 0) is 25.8 Å². The number of hydrogen-bond acceptors (Lipinski definition) is 4. The molecule has 4 nitrogen and oxygen atoms in total. The quantitative estimate of drug-likeness (QED) is 0.701. The maximum absolute atomic E-state index is 9.07. The summed E-state index contributed by atoms with van der Waals surface area (Å²) in [6, 6.07) is 5.59. The summed E-state index contributed by atoms with van der Waals surface area (Å²) in [6.07, 6.45) is 1.50. The number of anilines is 1. The van der Waals surface area contributed by atoms with E-state index in [2.05, 4.69) is 10.3 Å². The molecule has 0 fully saturated rings. The lowest BCUT2D eigenvalue weighted by atomic mass is 10.2. The maximum atomic E-state index is 9.07. The van der Waals surface area contributed by atoms with Crippen LogP contribution in [0.25, 0.3) is 0 Å². The number of pyridine rings is 1. The zero-order chi connectivity index (χ0) is 11.1. The lowest BCUT2D eigenvalue weighted by Gasteiger charge is -2.07. The van der Waals surface area contributed by atoms with E-state index in [1.165, 1.54) is 0 Å². The molecule has 15 heavy (non-hydrogen) atoms. The molecule has 0 aromatic carbocycles. The molecule has 4 heteroatoms. The molecule has 1 rings (SSSR count). The Morgan fingerprint density at radius 2 is 2.33 bits per heavy atom. The summed E-state index contributed by atoms with van der Waals surface area (Å²) in [6.45, 7) is 2.61. The van der Waals surface area contributed by atoms with Gasteiger partial charge in [-0.3, -0.25) is 0 Å². The number of rotatable bonds is 6. The average Bonchev–Trinajstić information content (AvgIpc) is 2.24. The number of nitrogens with one attached hydrogen (secondary N) is 1. The smallest absolute Gasteiger partial charge is 0.214 e. The van der Waals surface area contributed by atoms with Crippen LogP contribution in [0.15, 0.2) is 18.2 Å². The van der Waals surface area contributed by atoms with Gasteiger partial charge >= 0.3 is 0 Å². The van der Waals surface area contributed by atoms with Crippen LogP contribution in [-0.4, -0.2) is 29.8 Å². The Morgan fingerprint density at radius 3 is 3.00 bits per heavy atom. The first-order valence-corrected chi connectivity index (χ1v) is 5.15. The van der Waals surface area contributed by atoms with E-state index in [-0.39, 0.29) is 6.10 Å². The Labute approximate surface area is 90.3 Å². The van der Waals surface area contributed by atoms with Crippen molar-refractivity contribution in [3.63, 3.8) is 0 Å². The second kappa shape index (κ2) is 6.24. The van der Waals surface area contributed by atoms with Crippen LogP contribution in [0.1, 0.15) is 19.8 Å². The molecule has 2 N–H and O–H groups in total. The number of nitrogens with zero attached hydrogens (tertiary/aromatic N) is 1. The molecule has 1 atom stereocenters. The third-order valence-corrected chi connectivity index (χ3v) is 2.04. The van der Waals surface area contributed by atoms with Crippen LogP contribution in [-0.2, 0) is 0 Å². The van der Waals surface area contributed by atoms with Gasteiger partial charge in [0.25, 0.3) is 0 Å². The van der Waals surface area contributed by atoms with E-state index in [4.69, 9.17) is 9.84 Å². The van der Waals surface area contributed by atoms with Gasteiger partial charge in [0.1, 0.15) is 5.82 Å². The number of methoxy groups -OCH3 is 1. The molecule has 1 aromatic heterocycles. The van der Waals surface area contributed by atoms with Crippen molar-refractivity contribution in [1.29, 1.82) is 0 Å². The highest BCUT2D eigenvalue weighted by atomic mass is 16.5. The molecule has 0 aliphatic rings. The van der Waals surface area contributed by atoms with Crippen LogP contribution >= 0.6 is 0 Å². The van der Waals surface area contributed by atoms with Crippen LogP contribution in [0.3, 0.4) is 0 Å². The minimum absolute atomic E-state index is 0.231. The van der Waals surface area contributed by atoms with E-state index in [9.17, 15) is 0 Å². The number of hydrogen-bond donors (Lipinski definition) is 2. The van der Waals surface area contributed by atoms with E-state index in [0.717, 1.165) is 25.2 Å². The number of aliphatic hydroxyl groups excluding tert-OH is 1. The highest BCUT2D eigenvalue weighted by molar-refractivity contribution is 5.36. The van der Waals surface area contributed by atoms with Gasteiger partial charge in [-0.2, -0.15) is 4.98 Å². The largest absolute Gasteiger partial charge is 0.481 e. The minimum Gasteiger partial charge on any atom is -0.481 e. The zero-order valence-electron chi connectivity index (χ0n) is 9.23. The fraction of sp³-hybridized carbons (Fsp3) is 0.545. The van der Waals surface area contributed by atoms with Gasteiger partial charge in [0.05, 0.1) is 13.2 Å². The minimum atomic E-state index is -0.231. The Hall–Kier alpha value is -1.29. The third-order valence-electron chi connectivity index (χ3n) is 2.04. The fourth-order valence-corrected chi connectivity index (χ4v) is 1.24. The molecule has 0 amide bonds. The highest BCUT2D eigenvalue weighted by Gasteiger charge is 1.98. The normalized spacial score (nSPS) is 12.2. The first kappa shape index (κ1) is 11.8. The highest BCUT2D eigenvalue weighted by Crippen LogP contribution is 2.10. The number of aromatic nitrogens is 1. The molecule has 0 spiro atoms. The van der Waals surface area contributed by atoms with E-state index < -0.39 is 0 Å². The molecule has 0 saturated carbocycles. The van der Waals surface area contributed by atoms with Gasteiger partial charge in [-0.25, -0.2) is 0 Å². The zero-order valence-corrected chi connectivity index (χ0v) is 9.23. The lowest BCUT2D eigenvalue weighted by molar-refractivity contribution is 0.183. The first-order chi connectivity index (χ1) is 7.22. The van der Waals surface area contributed by atoms with Crippen molar-refractivity contribution in [3.8, 4) is 5.88 Å². The van der Waals surface area contributed by atoms with Crippen molar-refractivity contribution in [3.05, 3.63) is 18.2 Å². The van der Waals surface area contributed by atoms with E-state index in [1.807, 2.05) is 12.1 Å². The van der Waals surface area contributed by atoms with Gasteiger partial charge in [0.15, 0.2) is 0 Å². The summed E-state index contributed by atoms with van der Waals surface area (Å²) < 4.78 is 5.01. The molecular formula is C11H18N2O2. The Balaban J connectivity index is 2.30. The summed E-state index contributed by atoms with van der Waals surface area (Å²) in [5.41, 5.74) is 0. The molecule has 0 bridgehead atoms. The van der Waals surface area contributed by atoms with Crippen molar-refractivity contribution < 1.29 is 9.84 Å². The third kappa shape index (κ3) is 4.65. The summed E-state index contributed by atoms with van der Waals surface area (Å²) in [7, 11) is 1.60. The number of ether oxygens (including phenoxy) is 1. The Morgan fingerprint density at radius 1 is 1.53 bits per heavy atom. The van der Waals surface area contributed by atoms with Gasteiger partial charge in [0, 0.05) is 12.6 Å².